The third-order valence-corrected chi connectivity index (χ3v) is 15.4. The predicted molar refractivity (Wildman–Crippen MR) is 391 cm³/mol. The molecule has 98 heavy (non-hydrogen) atoms. The van der Waals surface area contributed by atoms with E-state index in [-0.39, 0.29) is 85.5 Å². The summed E-state index contributed by atoms with van der Waals surface area (Å²) in [4.78, 5) is 65.3. The number of hydrogen-bond donors (Lipinski definition) is 6. The van der Waals surface area contributed by atoms with E-state index in [1.54, 1.807) is 46.0 Å². The molecule has 0 aliphatic rings. The monoisotopic (exact) mass is 1450 g/mol. The number of anilines is 4. The second-order valence-electron chi connectivity index (χ2n) is 26.7. The van der Waals surface area contributed by atoms with E-state index in [1.165, 1.54) is 46.2 Å². The topological polar surface area (TPSA) is 323 Å². The highest BCUT2D eigenvalue weighted by Crippen LogP contribution is 2.37. The zero-order valence-electron chi connectivity index (χ0n) is 60.6. The highest BCUT2D eigenvalue weighted by Gasteiger charge is 2.27. The normalized spacial score (nSPS) is 11.0. The van der Waals surface area contributed by atoms with Crippen LogP contribution in [0.1, 0.15) is 193 Å². The Morgan fingerprint density at radius 2 is 1.06 bits per heavy atom. The number of nitrogens with one attached hydrogen (secondary N) is 4. The number of phenolic OH excluding ortho intramolecular Hbond substituents is 2. The van der Waals surface area contributed by atoms with Crippen LogP contribution >= 0.6 is 38.6 Å². The van der Waals surface area contributed by atoms with Crippen LogP contribution in [0.15, 0.2) is 75.3 Å². The number of halogens is 1. The highest BCUT2D eigenvalue weighted by molar-refractivity contribution is 9.11. The Morgan fingerprint density at radius 3 is 1.46 bits per heavy atom. The van der Waals surface area contributed by atoms with Crippen molar-refractivity contribution in [3.63, 3.8) is 0 Å². The number of phenols is 2. The average molecular weight is 1450 g/mol. The molecule has 0 unspecified atom stereocenters. The summed E-state index contributed by atoms with van der Waals surface area (Å²) < 4.78 is 33.4. The average Bonchev–Trinajstić information content (AvgIpc) is 1.32. The van der Waals surface area contributed by atoms with Crippen LogP contribution in [-0.2, 0) is 21.0 Å². The summed E-state index contributed by atoms with van der Waals surface area (Å²) in [6, 6.07) is 22.0. The van der Waals surface area contributed by atoms with E-state index in [1.807, 2.05) is 71.0 Å². The van der Waals surface area contributed by atoms with E-state index < -0.39 is 23.5 Å². The number of methoxy groups -OCH3 is 4. The standard InChI is InChI=1S/C27H34N6O4S.C20H29BrN6O5S.C11H13NO.C10H14O.C3H8/c1-16(2)9-8-12-29-25-32-23(35-6)21(24(33-25)36-7)31-22(34)19-15-38-26(30-19)37-20-13-18(27(3,4)5)11-10-17(20)14-28;1-11(2)27(19(29)32-20(3,4)5)9-8-22-18-25-15(30-6)13(16(26-18)31-7)24-14(28)12-10-33-17(21)23-12;1-11(2,3)9-5-4-8(7-12)10(13)6-9;1-10(2,3)8-5-4-6-9(11)7-8;1-3-2/h10-11,13,15-16H,8-9,12H2,1-7H3,(H,31,34)(H,29,32,33);10-11H,8-9H2,1-7H3,(H,24,28)(H,22,25,26);4-6,13H,1-3H3;4-7,11H,1-3H3;3H2,1-2H3. The van der Waals surface area contributed by atoms with Crippen molar-refractivity contribution < 1.29 is 53.0 Å². The lowest BCUT2D eigenvalue weighted by Gasteiger charge is -2.30. The van der Waals surface area contributed by atoms with Gasteiger partial charge in [-0.05, 0) is 139 Å². The fourth-order valence-corrected chi connectivity index (χ4v) is 9.78. The third-order valence-electron chi connectivity index (χ3n) is 13.4. The fraction of sp³-hybridized carbons (Fsp3) is 0.479. The van der Waals surface area contributed by atoms with E-state index in [4.69, 9.17) is 33.7 Å². The lowest BCUT2D eigenvalue weighted by atomic mass is 9.86. The van der Waals surface area contributed by atoms with Gasteiger partial charge in [0.2, 0.25) is 35.4 Å². The molecule has 4 aromatic heterocycles. The zero-order valence-corrected chi connectivity index (χ0v) is 63.8. The molecule has 3 aromatic carbocycles. The molecule has 0 spiro atoms. The molecule has 0 saturated heterocycles. The Labute approximate surface area is 594 Å². The van der Waals surface area contributed by atoms with Gasteiger partial charge in [0.25, 0.3) is 17.0 Å². The smallest absolute Gasteiger partial charge is 0.410 e. The van der Waals surface area contributed by atoms with Gasteiger partial charge in [-0.1, -0.05) is 132 Å². The van der Waals surface area contributed by atoms with E-state index in [0.717, 1.165) is 40.9 Å². The Morgan fingerprint density at radius 1 is 0.612 bits per heavy atom. The van der Waals surface area contributed by atoms with Gasteiger partial charge in [0, 0.05) is 36.4 Å². The van der Waals surface area contributed by atoms with E-state index >= 15 is 0 Å². The first-order valence-electron chi connectivity index (χ1n) is 31.8. The summed E-state index contributed by atoms with van der Waals surface area (Å²) >= 11 is 5.66. The van der Waals surface area contributed by atoms with Crippen LogP contribution < -0.4 is 45.0 Å². The molecule has 24 nitrogen and oxygen atoms in total. The number of benzene rings is 3. The SMILES string of the molecule is CC(C)(C)c1ccc(C#N)c(O)c1.CC(C)(C)c1cccc(O)c1.CCC.COc1nc(NCCCC(C)C)nc(OC)c1NC(=O)c1csc(Oc2cc(C(C)(C)C)ccc2C#N)n1.COc1nc(NCCN(C(=O)OC(C)(C)C)C(C)C)nc(OC)c1NC(=O)c1csc(Br)n1. The maximum Gasteiger partial charge on any atom is 0.410 e. The van der Waals surface area contributed by atoms with Crippen molar-refractivity contribution in [3.05, 3.63) is 115 Å². The quantitative estimate of drug-likeness (QED) is 0.0386. The molecule has 7 rings (SSSR count). The molecule has 0 bridgehead atoms. The largest absolute Gasteiger partial charge is 0.508 e. The Balaban J connectivity index is 0.000000373. The molecular formula is C71H98BrN13O11S2. The number of aromatic nitrogens is 6. The van der Waals surface area contributed by atoms with E-state index in [9.17, 15) is 29.9 Å². The van der Waals surface area contributed by atoms with Crippen LogP contribution in [0.25, 0.3) is 0 Å². The van der Waals surface area contributed by atoms with E-state index in [2.05, 4.69) is 163 Å². The van der Waals surface area contributed by atoms with Crippen molar-refractivity contribution in [2.45, 2.75) is 172 Å². The van der Waals surface area contributed by atoms with Gasteiger partial charge in [0.05, 0.1) is 39.6 Å². The van der Waals surface area contributed by atoms with Gasteiger partial charge in [-0.25, -0.2) is 9.78 Å². The van der Waals surface area contributed by atoms with Crippen LogP contribution in [0.5, 0.6) is 46.0 Å². The summed E-state index contributed by atoms with van der Waals surface area (Å²) in [6.07, 6.45) is 2.89. The van der Waals surface area contributed by atoms with Gasteiger partial charge >= 0.3 is 6.09 Å². The number of hydrogen-bond acceptors (Lipinski definition) is 23. The van der Waals surface area contributed by atoms with Crippen molar-refractivity contribution in [1.29, 1.82) is 10.5 Å². The van der Waals surface area contributed by atoms with Crippen LogP contribution in [-0.4, -0.2) is 123 Å². The molecule has 4 heterocycles. The number of thiazole rings is 2. The maximum atomic E-state index is 13.0. The second-order valence-corrected chi connectivity index (χ2v) is 29.7. The Bertz CT molecular complexity index is 3750. The van der Waals surface area contributed by atoms with Crippen molar-refractivity contribution in [2.24, 2.45) is 5.92 Å². The molecule has 0 aliphatic heterocycles. The molecule has 0 radical (unpaired) electrons. The number of aromatic hydroxyl groups is 2. The van der Waals surface area contributed by atoms with Gasteiger partial charge in [-0.15, -0.1) is 11.3 Å². The molecule has 0 aliphatic carbocycles. The number of nitrogens with zero attached hydrogens (tertiary/aromatic N) is 9. The molecule has 27 heteroatoms. The van der Waals surface area contributed by atoms with Crippen LogP contribution in [0.4, 0.5) is 28.1 Å². The predicted octanol–water partition coefficient (Wildman–Crippen LogP) is 16.7. The maximum absolute atomic E-state index is 13.0. The molecular weight excluding hydrogens is 1350 g/mol. The minimum atomic E-state index is -0.587. The summed E-state index contributed by atoms with van der Waals surface area (Å²) in [5, 5.41) is 51.7. The number of amides is 3. The van der Waals surface area contributed by atoms with Crippen molar-refractivity contribution in [2.75, 3.05) is 69.3 Å². The van der Waals surface area contributed by atoms with Crippen molar-refractivity contribution in [3.8, 4) is 58.1 Å². The van der Waals surface area contributed by atoms with Crippen LogP contribution in [0.2, 0.25) is 0 Å². The molecule has 7 aromatic rings. The first-order valence-corrected chi connectivity index (χ1v) is 34.3. The number of carbonyl (C=O) groups is 3. The van der Waals surface area contributed by atoms with Crippen LogP contribution in [0.3, 0.4) is 0 Å². The molecule has 3 amide bonds. The second kappa shape index (κ2) is 38.8. The van der Waals surface area contributed by atoms with Crippen molar-refractivity contribution >= 4 is 79.8 Å². The molecule has 6 N–H and O–H groups in total. The number of carbonyl (C=O) groups excluding carboxylic acids is 3. The summed E-state index contributed by atoms with van der Waals surface area (Å²) in [5.41, 5.74) is 4.05. The van der Waals surface area contributed by atoms with Gasteiger partial charge in [-0.2, -0.15) is 35.4 Å². The number of rotatable bonds is 20. The zero-order chi connectivity index (χ0) is 73.9. The van der Waals surface area contributed by atoms with Gasteiger partial charge < -0.3 is 64.8 Å². The highest BCUT2D eigenvalue weighted by atomic mass is 79.9. The Kier molecular flexibility index (Phi) is 32.9. The summed E-state index contributed by atoms with van der Waals surface area (Å²) in [7, 11) is 5.74. The first-order chi connectivity index (χ1) is 45.9. The van der Waals surface area contributed by atoms with Gasteiger partial charge in [-0.3, -0.25) is 9.59 Å². The minimum absolute atomic E-state index is 0.00542. The first kappa shape index (κ1) is 83.2. The lowest BCUT2D eigenvalue weighted by Crippen LogP contribution is -2.43. The molecule has 0 fully saturated rings. The summed E-state index contributed by atoms with van der Waals surface area (Å²) in [6.45, 7) is 38.1. The molecule has 532 valence electrons. The number of nitriles is 2. The molecule has 0 atom stereocenters. The summed E-state index contributed by atoms with van der Waals surface area (Å²) in [5.74, 6) is 1.52. The van der Waals surface area contributed by atoms with Crippen molar-refractivity contribution in [1.82, 2.24) is 34.8 Å². The third kappa shape index (κ3) is 27.5. The lowest BCUT2D eigenvalue weighted by molar-refractivity contribution is 0.0200. The van der Waals surface area contributed by atoms with Crippen LogP contribution in [0, 0.1) is 28.6 Å². The number of ether oxygens (including phenoxy) is 6. The van der Waals surface area contributed by atoms with Gasteiger partial charge in [0.15, 0.2) is 15.3 Å². The molecule has 0 saturated carbocycles. The Hall–Kier alpha value is -9.05. The fourth-order valence-electron chi connectivity index (χ4n) is 8.13. The van der Waals surface area contributed by atoms with Gasteiger partial charge in [0.1, 0.15) is 46.4 Å². The minimum Gasteiger partial charge on any atom is -0.508 e. The van der Waals surface area contributed by atoms with E-state index in [0.29, 0.717) is 58.0 Å².